The van der Waals surface area contributed by atoms with Crippen molar-refractivity contribution in [2.24, 2.45) is 0 Å². The Labute approximate surface area is 154 Å². The zero-order valence-electron chi connectivity index (χ0n) is 14.2. The average Bonchev–Trinajstić information content (AvgIpc) is 2.55. The topological polar surface area (TPSA) is 66.9 Å². The molecule has 5 nitrogen and oxygen atoms in total. The van der Waals surface area contributed by atoms with E-state index < -0.39 is 22.7 Å². The van der Waals surface area contributed by atoms with E-state index in [0.29, 0.717) is 18.2 Å². The van der Waals surface area contributed by atoms with Crippen LogP contribution in [0.25, 0.3) is 0 Å². The Morgan fingerprint density at radius 1 is 1.23 bits per heavy atom. The summed E-state index contributed by atoms with van der Waals surface area (Å²) in [6.45, 7) is 4.37. The molecule has 26 heavy (non-hydrogen) atoms. The highest BCUT2D eigenvalue weighted by Gasteiger charge is 2.33. The number of carbonyl (C=O) groups is 1. The summed E-state index contributed by atoms with van der Waals surface area (Å²) in [6.07, 6.45) is -2.67. The molecule has 2 rings (SSSR count). The molecular weight excluding hydrogens is 369 g/mol. The maximum absolute atomic E-state index is 12.9. The lowest BCUT2D eigenvalue weighted by Gasteiger charge is -2.12. The zero-order chi connectivity index (χ0) is 19.3. The molecule has 0 aliphatic carbocycles. The second-order valence-corrected chi connectivity index (χ2v) is 6.02. The summed E-state index contributed by atoms with van der Waals surface area (Å²) in [4.78, 5) is 20.6. The van der Waals surface area contributed by atoms with Crippen LogP contribution in [0.4, 0.5) is 24.7 Å². The number of anilines is 2. The van der Waals surface area contributed by atoms with Gasteiger partial charge in [-0.25, -0.2) is 9.97 Å². The molecule has 0 atom stereocenters. The van der Waals surface area contributed by atoms with Gasteiger partial charge in [-0.1, -0.05) is 24.9 Å². The lowest BCUT2D eigenvalue weighted by Crippen LogP contribution is -2.17. The molecule has 0 spiro atoms. The van der Waals surface area contributed by atoms with Crippen LogP contribution in [0.5, 0.6) is 0 Å². The van der Waals surface area contributed by atoms with Crippen LogP contribution in [0.2, 0.25) is 5.02 Å². The minimum atomic E-state index is -4.61. The summed E-state index contributed by atoms with van der Waals surface area (Å²) >= 11 is 5.57. The van der Waals surface area contributed by atoms with Gasteiger partial charge in [0, 0.05) is 18.3 Å². The van der Waals surface area contributed by atoms with Crippen molar-refractivity contribution in [2.45, 2.75) is 32.9 Å². The van der Waals surface area contributed by atoms with Crippen molar-refractivity contribution in [2.75, 3.05) is 17.2 Å². The summed E-state index contributed by atoms with van der Waals surface area (Å²) in [5.74, 6) is 0.233. The van der Waals surface area contributed by atoms with Gasteiger partial charge in [-0.3, -0.25) is 4.79 Å². The third-order valence-corrected chi connectivity index (χ3v) is 3.77. The number of benzene rings is 1. The van der Waals surface area contributed by atoms with Crippen LogP contribution in [0, 0.1) is 6.92 Å². The Bertz CT molecular complexity index is 796. The second-order valence-electron chi connectivity index (χ2n) is 5.61. The van der Waals surface area contributed by atoms with Gasteiger partial charge in [0.05, 0.1) is 10.6 Å². The standard InChI is InChI=1S/C17H18ClF3N4O/c1-3-4-7-22-15-9-14(23-10(2)24-15)16(26)25-11-5-6-13(18)12(8-11)17(19,20)21/h5-6,8-9H,3-4,7H2,1-2H3,(H,25,26)(H,22,23,24). The number of unbranched alkanes of at least 4 members (excludes halogenated alkanes) is 1. The number of hydrogen-bond donors (Lipinski definition) is 2. The molecule has 9 heteroatoms. The van der Waals surface area contributed by atoms with Crippen LogP contribution in [0.3, 0.4) is 0 Å². The highest BCUT2D eigenvalue weighted by Crippen LogP contribution is 2.36. The number of amides is 1. The number of nitrogens with one attached hydrogen (secondary N) is 2. The number of hydrogen-bond acceptors (Lipinski definition) is 4. The Morgan fingerprint density at radius 3 is 2.62 bits per heavy atom. The number of aryl methyl sites for hydroxylation is 1. The van der Waals surface area contributed by atoms with E-state index in [1.54, 1.807) is 6.92 Å². The summed E-state index contributed by atoms with van der Waals surface area (Å²) in [5, 5.41) is 5.05. The Hall–Kier alpha value is -2.35. The van der Waals surface area contributed by atoms with Crippen LogP contribution < -0.4 is 10.6 Å². The van der Waals surface area contributed by atoms with Crippen molar-refractivity contribution < 1.29 is 18.0 Å². The number of nitrogens with zero attached hydrogens (tertiary/aromatic N) is 2. The van der Waals surface area contributed by atoms with E-state index in [1.807, 2.05) is 6.92 Å². The van der Waals surface area contributed by atoms with Gasteiger partial charge in [-0.05, 0) is 31.5 Å². The van der Waals surface area contributed by atoms with Crippen LogP contribution in [0.1, 0.15) is 41.6 Å². The van der Waals surface area contributed by atoms with Gasteiger partial charge in [0.15, 0.2) is 0 Å². The van der Waals surface area contributed by atoms with Crippen molar-refractivity contribution in [3.05, 3.63) is 46.4 Å². The normalized spacial score (nSPS) is 11.3. The van der Waals surface area contributed by atoms with Gasteiger partial charge in [0.25, 0.3) is 5.91 Å². The number of carbonyl (C=O) groups excluding carboxylic acids is 1. The quantitative estimate of drug-likeness (QED) is 0.691. The number of halogens is 4. The second kappa shape index (κ2) is 8.35. The highest BCUT2D eigenvalue weighted by atomic mass is 35.5. The first-order valence-electron chi connectivity index (χ1n) is 7.98. The maximum Gasteiger partial charge on any atom is 0.417 e. The fourth-order valence-corrected chi connectivity index (χ4v) is 2.41. The van der Waals surface area contributed by atoms with Crippen LogP contribution in [-0.2, 0) is 6.18 Å². The van der Waals surface area contributed by atoms with Crippen LogP contribution >= 0.6 is 11.6 Å². The summed E-state index contributed by atoms with van der Waals surface area (Å²) in [5.41, 5.74) is -0.985. The van der Waals surface area contributed by atoms with E-state index in [-0.39, 0.29) is 11.4 Å². The molecule has 2 N–H and O–H groups in total. The first-order chi connectivity index (χ1) is 12.2. The van der Waals surface area contributed by atoms with Crippen LogP contribution in [-0.4, -0.2) is 22.4 Å². The fourth-order valence-electron chi connectivity index (χ4n) is 2.18. The van der Waals surface area contributed by atoms with E-state index in [2.05, 4.69) is 20.6 Å². The smallest absolute Gasteiger partial charge is 0.370 e. The molecule has 1 aromatic carbocycles. The fraction of sp³-hybridized carbons (Fsp3) is 0.353. The molecule has 0 unspecified atom stereocenters. The Balaban J connectivity index is 2.20. The molecule has 0 saturated carbocycles. The number of alkyl halides is 3. The third kappa shape index (κ3) is 5.32. The van der Waals surface area contributed by atoms with Crippen molar-refractivity contribution >= 4 is 29.0 Å². The molecule has 0 aliphatic rings. The lowest BCUT2D eigenvalue weighted by atomic mass is 10.2. The van der Waals surface area contributed by atoms with E-state index in [0.717, 1.165) is 25.0 Å². The van der Waals surface area contributed by atoms with Crippen molar-refractivity contribution in [3.63, 3.8) is 0 Å². The van der Waals surface area contributed by atoms with Gasteiger partial charge in [0.1, 0.15) is 17.3 Å². The lowest BCUT2D eigenvalue weighted by molar-refractivity contribution is -0.137. The van der Waals surface area contributed by atoms with Gasteiger partial charge in [0.2, 0.25) is 0 Å². The van der Waals surface area contributed by atoms with Crippen molar-refractivity contribution in [1.29, 1.82) is 0 Å². The van der Waals surface area contributed by atoms with E-state index in [1.165, 1.54) is 12.1 Å². The van der Waals surface area contributed by atoms with Crippen molar-refractivity contribution in [3.8, 4) is 0 Å². The zero-order valence-corrected chi connectivity index (χ0v) is 15.0. The van der Waals surface area contributed by atoms with E-state index >= 15 is 0 Å². The first-order valence-corrected chi connectivity index (χ1v) is 8.36. The van der Waals surface area contributed by atoms with E-state index in [4.69, 9.17) is 11.6 Å². The third-order valence-electron chi connectivity index (χ3n) is 3.44. The predicted molar refractivity (Wildman–Crippen MR) is 94.6 cm³/mol. The molecule has 0 radical (unpaired) electrons. The minimum Gasteiger partial charge on any atom is -0.370 e. The molecule has 1 aromatic heterocycles. The van der Waals surface area contributed by atoms with Gasteiger partial charge >= 0.3 is 6.18 Å². The molecule has 2 aromatic rings. The molecular formula is C17H18ClF3N4O. The molecule has 0 aliphatic heterocycles. The van der Waals surface area contributed by atoms with Gasteiger partial charge in [-0.15, -0.1) is 0 Å². The van der Waals surface area contributed by atoms with Crippen LogP contribution in [0.15, 0.2) is 24.3 Å². The first kappa shape index (κ1) is 20.0. The monoisotopic (exact) mass is 386 g/mol. The summed E-state index contributed by atoms with van der Waals surface area (Å²) < 4.78 is 38.7. The molecule has 1 heterocycles. The number of rotatable bonds is 6. The maximum atomic E-state index is 12.9. The summed E-state index contributed by atoms with van der Waals surface area (Å²) in [6, 6.07) is 4.63. The number of aromatic nitrogens is 2. The van der Waals surface area contributed by atoms with Crippen molar-refractivity contribution in [1.82, 2.24) is 9.97 Å². The Kier molecular flexibility index (Phi) is 6.42. The van der Waals surface area contributed by atoms with Gasteiger partial charge in [-0.2, -0.15) is 13.2 Å². The predicted octanol–water partition coefficient (Wildman–Crippen LogP) is 4.92. The molecule has 0 bridgehead atoms. The minimum absolute atomic E-state index is 0.0246. The largest absolute Gasteiger partial charge is 0.417 e. The summed E-state index contributed by atoms with van der Waals surface area (Å²) in [7, 11) is 0. The molecule has 0 saturated heterocycles. The Morgan fingerprint density at radius 2 is 1.96 bits per heavy atom. The average molecular weight is 387 g/mol. The molecule has 1 amide bonds. The SMILES string of the molecule is CCCCNc1cc(C(=O)Nc2ccc(Cl)c(C(F)(F)F)c2)nc(C)n1. The van der Waals surface area contributed by atoms with Gasteiger partial charge < -0.3 is 10.6 Å². The molecule has 140 valence electrons. The van der Waals surface area contributed by atoms with E-state index in [9.17, 15) is 18.0 Å². The molecule has 0 fully saturated rings. The highest BCUT2D eigenvalue weighted by molar-refractivity contribution is 6.31.